The molecule has 0 fully saturated rings. The van der Waals surface area contributed by atoms with Gasteiger partial charge in [-0.1, -0.05) is 6.07 Å². The van der Waals surface area contributed by atoms with Crippen molar-refractivity contribution in [1.29, 1.82) is 0 Å². The van der Waals surface area contributed by atoms with Crippen LogP contribution in [-0.4, -0.2) is 22.2 Å². The second-order valence-electron chi connectivity index (χ2n) is 5.50. The summed E-state index contributed by atoms with van der Waals surface area (Å²) in [6.07, 6.45) is 1.94. The summed E-state index contributed by atoms with van der Waals surface area (Å²) in [6, 6.07) is 9.13. The monoisotopic (exact) mass is 542 g/mol. The number of rotatable bonds is 4. The zero-order chi connectivity index (χ0) is 18.8. The molecule has 0 saturated heterocycles. The van der Waals surface area contributed by atoms with Gasteiger partial charge in [-0.15, -0.1) is 0 Å². The molecule has 8 heteroatoms. The maximum Gasteiger partial charge on any atom is 0.270 e. The largest absolute Gasteiger partial charge is 0.506 e. The molecule has 0 aliphatic carbocycles. The molecular formula is C18H13Br3N2O3. The Morgan fingerprint density at radius 3 is 2.42 bits per heavy atom. The van der Waals surface area contributed by atoms with Crippen molar-refractivity contribution in [2.24, 2.45) is 0 Å². The Balaban J connectivity index is 1.98. The molecule has 0 spiro atoms. The summed E-state index contributed by atoms with van der Waals surface area (Å²) < 4.78 is 7.11. The number of aromatic nitrogens is 2. The summed E-state index contributed by atoms with van der Waals surface area (Å²) >= 11 is 10.1. The van der Waals surface area contributed by atoms with Crippen LogP contribution in [0.4, 0.5) is 0 Å². The number of halogens is 3. The molecule has 5 nitrogen and oxygen atoms in total. The topological polar surface area (TPSA) is 75.2 Å². The molecule has 2 aromatic carbocycles. The van der Waals surface area contributed by atoms with Crippen LogP contribution in [0.25, 0.3) is 11.3 Å². The van der Waals surface area contributed by atoms with Crippen LogP contribution in [0.2, 0.25) is 0 Å². The molecule has 1 aromatic heterocycles. The van der Waals surface area contributed by atoms with Crippen LogP contribution in [0.3, 0.4) is 0 Å². The third kappa shape index (κ3) is 4.02. The van der Waals surface area contributed by atoms with Gasteiger partial charge in [0, 0.05) is 18.2 Å². The molecule has 0 amide bonds. The number of hydrogen-bond acceptors (Lipinski definition) is 4. The van der Waals surface area contributed by atoms with Crippen LogP contribution in [0.5, 0.6) is 11.5 Å². The number of phenols is 1. The Bertz CT molecular complexity index is 1010. The number of aromatic amines is 1. The minimum atomic E-state index is -0.238. The smallest absolute Gasteiger partial charge is 0.270 e. The fourth-order valence-corrected chi connectivity index (χ4v) is 4.21. The van der Waals surface area contributed by atoms with Crippen LogP contribution in [0.1, 0.15) is 11.3 Å². The number of ether oxygens (including phenoxy) is 1. The minimum absolute atomic E-state index is 0.112. The molecule has 3 rings (SSSR count). The van der Waals surface area contributed by atoms with Gasteiger partial charge in [-0.3, -0.25) is 4.79 Å². The maximum atomic E-state index is 12.2. The lowest BCUT2D eigenvalue weighted by Crippen LogP contribution is -2.15. The van der Waals surface area contributed by atoms with Gasteiger partial charge in [-0.25, -0.2) is 4.98 Å². The van der Waals surface area contributed by atoms with Crippen LogP contribution >= 0.6 is 47.8 Å². The average molecular weight is 545 g/mol. The molecule has 134 valence electrons. The zero-order valence-electron chi connectivity index (χ0n) is 13.5. The Morgan fingerprint density at radius 2 is 1.81 bits per heavy atom. The van der Waals surface area contributed by atoms with Crippen LogP contribution < -0.4 is 10.3 Å². The Morgan fingerprint density at radius 1 is 1.12 bits per heavy atom. The number of hydrogen-bond donors (Lipinski definition) is 2. The highest BCUT2D eigenvalue weighted by molar-refractivity contribution is 9.11. The molecule has 0 aliphatic rings. The second-order valence-corrected chi connectivity index (χ2v) is 8.06. The van der Waals surface area contributed by atoms with Gasteiger partial charge >= 0.3 is 0 Å². The Hall–Kier alpha value is -1.64. The highest BCUT2D eigenvalue weighted by Crippen LogP contribution is 2.36. The van der Waals surface area contributed by atoms with E-state index in [0.29, 0.717) is 26.8 Å². The summed E-state index contributed by atoms with van der Waals surface area (Å²) in [7, 11) is 1.60. The van der Waals surface area contributed by atoms with Crippen LogP contribution in [0.15, 0.2) is 54.7 Å². The summed E-state index contributed by atoms with van der Waals surface area (Å²) in [5.74, 6) is 0.838. The zero-order valence-corrected chi connectivity index (χ0v) is 18.3. The molecule has 0 radical (unpaired) electrons. The minimum Gasteiger partial charge on any atom is -0.506 e. The van der Waals surface area contributed by atoms with Crippen molar-refractivity contribution in [2.75, 3.05) is 7.11 Å². The fourth-order valence-electron chi connectivity index (χ4n) is 2.44. The van der Waals surface area contributed by atoms with Gasteiger partial charge in [-0.2, -0.15) is 0 Å². The first-order valence-electron chi connectivity index (χ1n) is 7.48. The number of H-pyrrole nitrogens is 1. The third-order valence-electron chi connectivity index (χ3n) is 3.76. The number of methoxy groups -OCH3 is 1. The molecule has 0 bridgehead atoms. The fraction of sp³-hybridized carbons (Fsp3) is 0.111. The van der Waals surface area contributed by atoms with E-state index in [1.807, 2.05) is 18.2 Å². The summed E-state index contributed by atoms with van der Waals surface area (Å²) in [5.41, 5.74) is 2.46. The lowest BCUT2D eigenvalue weighted by atomic mass is 10.1. The number of benzene rings is 2. The van der Waals surface area contributed by atoms with Crippen LogP contribution in [-0.2, 0) is 6.42 Å². The van der Waals surface area contributed by atoms with Crippen LogP contribution in [0, 0.1) is 0 Å². The van der Waals surface area contributed by atoms with Gasteiger partial charge in [0.05, 0.1) is 26.2 Å². The van der Waals surface area contributed by atoms with Crippen molar-refractivity contribution in [2.45, 2.75) is 6.42 Å². The van der Waals surface area contributed by atoms with Crippen molar-refractivity contribution in [1.82, 2.24) is 9.97 Å². The number of nitrogens with one attached hydrogen (secondary N) is 1. The molecule has 26 heavy (non-hydrogen) atoms. The Labute approximate surface area is 174 Å². The van der Waals surface area contributed by atoms with E-state index in [1.54, 1.807) is 25.4 Å². The van der Waals surface area contributed by atoms with Crippen molar-refractivity contribution >= 4 is 47.8 Å². The predicted molar refractivity (Wildman–Crippen MR) is 111 cm³/mol. The van der Waals surface area contributed by atoms with Gasteiger partial charge in [0.25, 0.3) is 5.56 Å². The molecule has 1 heterocycles. The summed E-state index contributed by atoms with van der Waals surface area (Å²) in [5, 5.41) is 9.85. The van der Waals surface area contributed by atoms with Gasteiger partial charge in [0.15, 0.2) is 0 Å². The van der Waals surface area contributed by atoms with E-state index < -0.39 is 0 Å². The molecule has 3 aromatic rings. The first kappa shape index (κ1) is 19.1. The quantitative estimate of drug-likeness (QED) is 0.483. The Kier molecular flexibility index (Phi) is 5.84. The van der Waals surface area contributed by atoms with E-state index in [-0.39, 0.29) is 11.3 Å². The highest BCUT2D eigenvalue weighted by Gasteiger charge is 2.12. The molecule has 0 aliphatic heterocycles. The first-order chi connectivity index (χ1) is 12.4. The van der Waals surface area contributed by atoms with Crippen molar-refractivity contribution < 1.29 is 9.84 Å². The van der Waals surface area contributed by atoms with Gasteiger partial charge in [0.2, 0.25) is 0 Å². The molecule has 2 N–H and O–H groups in total. The number of phenolic OH excluding ortho intramolecular Hbond substituents is 1. The van der Waals surface area contributed by atoms with E-state index in [4.69, 9.17) is 4.74 Å². The standard InChI is InChI=1S/C18H13Br3N2O3/c1-26-16-3-2-9(4-11(16)19)5-14-18(25)22-8-15(23-14)10-6-12(20)17(24)13(21)7-10/h2-4,6-8,24H,5H2,1H3,(H,22,25). The normalized spacial score (nSPS) is 10.8. The lowest BCUT2D eigenvalue weighted by Gasteiger charge is -2.08. The summed E-state index contributed by atoms with van der Waals surface area (Å²) in [4.78, 5) is 19.4. The van der Waals surface area contributed by atoms with E-state index in [1.165, 1.54) is 0 Å². The SMILES string of the molecule is COc1ccc(Cc2nc(-c3cc(Br)c(O)c(Br)c3)c[nH]c2=O)cc1Br. The van der Waals surface area contributed by atoms with Gasteiger partial charge in [-0.05, 0) is 77.6 Å². The van der Waals surface area contributed by atoms with Crippen molar-refractivity contribution in [3.8, 4) is 22.8 Å². The maximum absolute atomic E-state index is 12.2. The van der Waals surface area contributed by atoms with E-state index in [0.717, 1.165) is 21.3 Å². The van der Waals surface area contributed by atoms with Crippen molar-refractivity contribution in [3.05, 3.63) is 71.6 Å². The number of nitrogens with zero attached hydrogens (tertiary/aromatic N) is 1. The molecule has 0 unspecified atom stereocenters. The van der Waals surface area contributed by atoms with Gasteiger partial charge < -0.3 is 14.8 Å². The number of aromatic hydroxyl groups is 1. The van der Waals surface area contributed by atoms with E-state index in [2.05, 4.69) is 57.8 Å². The highest BCUT2D eigenvalue weighted by atomic mass is 79.9. The van der Waals surface area contributed by atoms with E-state index >= 15 is 0 Å². The predicted octanol–water partition coefficient (Wildman–Crippen LogP) is 5.03. The second kappa shape index (κ2) is 7.94. The van der Waals surface area contributed by atoms with E-state index in [9.17, 15) is 9.90 Å². The van der Waals surface area contributed by atoms with Crippen molar-refractivity contribution in [3.63, 3.8) is 0 Å². The average Bonchev–Trinajstić information content (AvgIpc) is 2.61. The molecular weight excluding hydrogens is 532 g/mol. The van der Waals surface area contributed by atoms with Gasteiger partial charge in [0.1, 0.15) is 17.2 Å². The first-order valence-corrected chi connectivity index (χ1v) is 9.86. The third-order valence-corrected chi connectivity index (χ3v) is 5.59. The summed E-state index contributed by atoms with van der Waals surface area (Å²) in [6.45, 7) is 0. The lowest BCUT2D eigenvalue weighted by molar-refractivity contribution is 0.412. The molecule has 0 saturated carbocycles. The molecule has 0 atom stereocenters.